The molecular formula is C15H12F2N4O3. The molecule has 3 aromatic rings. The number of benzene rings is 1. The monoisotopic (exact) mass is 334 g/mol. The molecule has 24 heavy (non-hydrogen) atoms. The highest BCUT2D eigenvalue weighted by atomic mass is 19.3. The first-order valence-corrected chi connectivity index (χ1v) is 6.89. The van der Waals surface area contributed by atoms with E-state index in [1.54, 1.807) is 12.1 Å². The van der Waals surface area contributed by atoms with Gasteiger partial charge in [-0.15, -0.1) is 5.10 Å². The average Bonchev–Trinajstić information content (AvgIpc) is 3.24. The number of halogens is 2. The standard InChI is InChI=1S/C15H12F2N4O3/c16-15(17)24-11-5-3-10(4-6-11)21-9-19-13(20-21)14(22)18-8-12-2-1-7-23-12/h1-7,9,15H,8H2,(H,18,22). The van der Waals surface area contributed by atoms with Crippen molar-refractivity contribution in [2.45, 2.75) is 13.2 Å². The summed E-state index contributed by atoms with van der Waals surface area (Å²) in [5, 5.41) is 6.67. The molecule has 0 fully saturated rings. The molecule has 9 heteroatoms. The number of furan rings is 1. The van der Waals surface area contributed by atoms with Gasteiger partial charge in [-0.3, -0.25) is 4.79 Å². The second-order valence-electron chi connectivity index (χ2n) is 4.65. The molecule has 1 amide bonds. The molecule has 0 spiro atoms. The number of hydrogen-bond acceptors (Lipinski definition) is 5. The topological polar surface area (TPSA) is 82.2 Å². The van der Waals surface area contributed by atoms with E-state index in [1.165, 1.54) is 41.5 Å². The Morgan fingerprint density at radius 3 is 2.75 bits per heavy atom. The van der Waals surface area contributed by atoms with Gasteiger partial charge in [0.1, 0.15) is 17.8 Å². The fourth-order valence-corrected chi connectivity index (χ4v) is 1.93. The van der Waals surface area contributed by atoms with Crippen LogP contribution in [0.4, 0.5) is 8.78 Å². The second kappa shape index (κ2) is 6.90. The molecule has 0 radical (unpaired) electrons. The lowest BCUT2D eigenvalue weighted by atomic mass is 10.3. The van der Waals surface area contributed by atoms with E-state index < -0.39 is 12.5 Å². The van der Waals surface area contributed by atoms with Gasteiger partial charge in [-0.25, -0.2) is 9.67 Å². The molecule has 0 aliphatic rings. The number of carbonyl (C=O) groups excluding carboxylic acids is 1. The first kappa shape index (κ1) is 15.7. The van der Waals surface area contributed by atoms with E-state index in [1.807, 2.05) is 0 Å². The summed E-state index contributed by atoms with van der Waals surface area (Å²) in [5.41, 5.74) is 0.550. The highest BCUT2D eigenvalue weighted by molar-refractivity contribution is 5.90. The van der Waals surface area contributed by atoms with Gasteiger partial charge in [-0.05, 0) is 36.4 Å². The zero-order valence-electron chi connectivity index (χ0n) is 12.2. The quantitative estimate of drug-likeness (QED) is 0.748. The summed E-state index contributed by atoms with van der Waals surface area (Å²) in [5.74, 6) is 0.167. The number of nitrogens with one attached hydrogen (secondary N) is 1. The van der Waals surface area contributed by atoms with Crippen LogP contribution in [0.1, 0.15) is 16.4 Å². The van der Waals surface area contributed by atoms with Crippen LogP contribution < -0.4 is 10.1 Å². The number of rotatable bonds is 6. The summed E-state index contributed by atoms with van der Waals surface area (Å²) in [6.45, 7) is -2.66. The zero-order valence-corrected chi connectivity index (χ0v) is 12.2. The lowest BCUT2D eigenvalue weighted by Crippen LogP contribution is -2.24. The van der Waals surface area contributed by atoms with E-state index in [9.17, 15) is 13.6 Å². The van der Waals surface area contributed by atoms with Crippen molar-refractivity contribution in [3.05, 3.63) is 60.6 Å². The van der Waals surface area contributed by atoms with Crippen molar-refractivity contribution in [2.75, 3.05) is 0 Å². The SMILES string of the molecule is O=C(NCc1ccco1)c1ncn(-c2ccc(OC(F)F)cc2)n1. The van der Waals surface area contributed by atoms with Crippen LogP contribution >= 0.6 is 0 Å². The number of hydrogen-bond donors (Lipinski definition) is 1. The van der Waals surface area contributed by atoms with Crippen molar-refractivity contribution in [3.8, 4) is 11.4 Å². The Hall–Kier alpha value is -3.23. The largest absolute Gasteiger partial charge is 0.467 e. The highest BCUT2D eigenvalue weighted by Gasteiger charge is 2.12. The maximum absolute atomic E-state index is 12.1. The molecule has 2 heterocycles. The molecule has 0 atom stereocenters. The number of alkyl halides is 2. The Kier molecular flexibility index (Phi) is 4.50. The molecule has 0 saturated heterocycles. The number of ether oxygens (including phenoxy) is 1. The van der Waals surface area contributed by atoms with Gasteiger partial charge in [0.15, 0.2) is 0 Å². The molecule has 124 valence electrons. The van der Waals surface area contributed by atoms with Crippen molar-refractivity contribution in [3.63, 3.8) is 0 Å². The lowest BCUT2D eigenvalue weighted by molar-refractivity contribution is -0.0498. The third-order valence-corrected chi connectivity index (χ3v) is 3.02. The summed E-state index contributed by atoms with van der Waals surface area (Å²) >= 11 is 0. The van der Waals surface area contributed by atoms with Crippen LogP contribution in [-0.2, 0) is 6.54 Å². The summed E-state index contributed by atoms with van der Waals surface area (Å²) in [4.78, 5) is 15.9. The Morgan fingerprint density at radius 1 is 1.29 bits per heavy atom. The van der Waals surface area contributed by atoms with Gasteiger partial charge >= 0.3 is 6.61 Å². The Balaban J connectivity index is 1.65. The third kappa shape index (κ3) is 3.75. The fraction of sp³-hybridized carbons (Fsp3) is 0.133. The van der Waals surface area contributed by atoms with Crippen LogP contribution in [0, 0.1) is 0 Å². The van der Waals surface area contributed by atoms with E-state index in [0.29, 0.717) is 11.4 Å². The number of nitrogens with zero attached hydrogens (tertiary/aromatic N) is 3. The number of carbonyl (C=O) groups is 1. The zero-order chi connectivity index (χ0) is 16.9. The first-order valence-electron chi connectivity index (χ1n) is 6.89. The van der Waals surface area contributed by atoms with Gasteiger partial charge < -0.3 is 14.5 Å². The minimum atomic E-state index is -2.88. The predicted molar refractivity (Wildman–Crippen MR) is 77.9 cm³/mol. The fourth-order valence-electron chi connectivity index (χ4n) is 1.93. The number of aromatic nitrogens is 3. The smallest absolute Gasteiger partial charge is 0.387 e. The van der Waals surface area contributed by atoms with E-state index in [4.69, 9.17) is 4.42 Å². The third-order valence-electron chi connectivity index (χ3n) is 3.02. The summed E-state index contributed by atoms with van der Waals surface area (Å²) in [6.07, 6.45) is 2.86. The molecule has 1 N–H and O–H groups in total. The van der Waals surface area contributed by atoms with Crippen molar-refractivity contribution >= 4 is 5.91 Å². The van der Waals surface area contributed by atoms with E-state index in [-0.39, 0.29) is 18.1 Å². The summed E-state index contributed by atoms with van der Waals surface area (Å²) in [7, 11) is 0. The van der Waals surface area contributed by atoms with Crippen molar-refractivity contribution < 1.29 is 22.7 Å². The Morgan fingerprint density at radius 2 is 2.08 bits per heavy atom. The molecule has 0 aliphatic carbocycles. The van der Waals surface area contributed by atoms with E-state index >= 15 is 0 Å². The normalized spacial score (nSPS) is 10.8. The molecule has 7 nitrogen and oxygen atoms in total. The Labute approximate surface area is 134 Å². The first-order chi connectivity index (χ1) is 11.6. The maximum atomic E-state index is 12.1. The minimum Gasteiger partial charge on any atom is -0.467 e. The average molecular weight is 334 g/mol. The molecule has 0 saturated carbocycles. The molecule has 2 aromatic heterocycles. The Bertz CT molecular complexity index is 801. The van der Waals surface area contributed by atoms with Crippen LogP contribution in [0.5, 0.6) is 5.75 Å². The molecule has 0 bridgehead atoms. The van der Waals surface area contributed by atoms with Gasteiger partial charge in [-0.2, -0.15) is 8.78 Å². The second-order valence-corrected chi connectivity index (χ2v) is 4.65. The maximum Gasteiger partial charge on any atom is 0.387 e. The van der Waals surface area contributed by atoms with Gasteiger partial charge in [0.05, 0.1) is 18.5 Å². The van der Waals surface area contributed by atoms with E-state index in [2.05, 4.69) is 20.1 Å². The van der Waals surface area contributed by atoms with Crippen LogP contribution in [0.15, 0.2) is 53.4 Å². The van der Waals surface area contributed by atoms with Gasteiger partial charge in [0.25, 0.3) is 5.91 Å². The van der Waals surface area contributed by atoms with Crippen molar-refractivity contribution in [2.24, 2.45) is 0 Å². The molecule has 0 aliphatic heterocycles. The van der Waals surface area contributed by atoms with Crippen LogP contribution in [0.3, 0.4) is 0 Å². The molecular weight excluding hydrogens is 322 g/mol. The number of amides is 1. The molecule has 1 aromatic carbocycles. The van der Waals surface area contributed by atoms with Gasteiger partial charge in [-0.1, -0.05) is 0 Å². The van der Waals surface area contributed by atoms with Crippen LogP contribution in [0.2, 0.25) is 0 Å². The minimum absolute atomic E-state index is 0.0190. The van der Waals surface area contributed by atoms with E-state index in [0.717, 1.165) is 0 Å². The van der Waals surface area contributed by atoms with Crippen LogP contribution in [0.25, 0.3) is 5.69 Å². The predicted octanol–water partition coefficient (Wildman–Crippen LogP) is 2.39. The van der Waals surface area contributed by atoms with Crippen LogP contribution in [-0.4, -0.2) is 27.3 Å². The molecule has 3 rings (SSSR count). The summed E-state index contributed by atoms with van der Waals surface area (Å²) < 4.78 is 34.9. The van der Waals surface area contributed by atoms with Gasteiger partial charge in [0, 0.05) is 0 Å². The summed E-state index contributed by atoms with van der Waals surface area (Å²) in [6, 6.07) is 9.25. The van der Waals surface area contributed by atoms with Gasteiger partial charge in [0.2, 0.25) is 5.82 Å². The van der Waals surface area contributed by atoms with Crippen molar-refractivity contribution in [1.82, 2.24) is 20.1 Å². The molecule has 0 unspecified atom stereocenters. The van der Waals surface area contributed by atoms with Crippen molar-refractivity contribution in [1.29, 1.82) is 0 Å². The lowest BCUT2D eigenvalue weighted by Gasteiger charge is -2.05. The highest BCUT2D eigenvalue weighted by Crippen LogP contribution is 2.16.